The summed E-state index contributed by atoms with van der Waals surface area (Å²) in [5.74, 6) is -0.361. The molecular weight excluding hydrogens is 284 g/mol. The van der Waals surface area contributed by atoms with Crippen molar-refractivity contribution in [3.05, 3.63) is 33.1 Å². The van der Waals surface area contributed by atoms with Gasteiger partial charge in [-0.15, -0.1) is 0 Å². The molecular formula is C9H11FINO. The van der Waals surface area contributed by atoms with E-state index in [-0.39, 0.29) is 5.82 Å². The van der Waals surface area contributed by atoms with Crippen LogP contribution in [0.1, 0.15) is 18.5 Å². The average molecular weight is 295 g/mol. The van der Waals surface area contributed by atoms with Gasteiger partial charge in [0.15, 0.2) is 0 Å². The van der Waals surface area contributed by atoms with Crippen LogP contribution in [0, 0.1) is 9.39 Å². The van der Waals surface area contributed by atoms with Crippen molar-refractivity contribution in [2.45, 2.75) is 19.1 Å². The Kier molecular flexibility index (Phi) is 3.63. The Hall–Kier alpha value is -0.200. The van der Waals surface area contributed by atoms with Gasteiger partial charge in [-0.3, -0.25) is 0 Å². The van der Waals surface area contributed by atoms with Crippen molar-refractivity contribution >= 4 is 22.6 Å². The lowest BCUT2D eigenvalue weighted by atomic mass is 10.0. The third-order valence-electron chi connectivity index (χ3n) is 1.85. The van der Waals surface area contributed by atoms with E-state index >= 15 is 0 Å². The second-order valence-corrected chi connectivity index (χ2v) is 4.06. The molecule has 0 saturated heterocycles. The zero-order valence-corrected chi connectivity index (χ0v) is 9.32. The Morgan fingerprint density at radius 3 is 2.62 bits per heavy atom. The van der Waals surface area contributed by atoms with Crippen molar-refractivity contribution in [2.75, 3.05) is 0 Å². The van der Waals surface area contributed by atoms with Crippen LogP contribution in [0.4, 0.5) is 4.39 Å². The van der Waals surface area contributed by atoms with Gasteiger partial charge >= 0.3 is 0 Å². The number of benzene rings is 1. The van der Waals surface area contributed by atoms with Gasteiger partial charge < -0.3 is 10.8 Å². The summed E-state index contributed by atoms with van der Waals surface area (Å²) in [6.07, 6.45) is -0.745. The van der Waals surface area contributed by atoms with Gasteiger partial charge in [0, 0.05) is 9.13 Å². The third-order valence-corrected chi connectivity index (χ3v) is 2.79. The van der Waals surface area contributed by atoms with Crippen LogP contribution in [0.5, 0.6) is 0 Å². The Morgan fingerprint density at radius 1 is 1.54 bits per heavy atom. The zero-order chi connectivity index (χ0) is 10.0. The van der Waals surface area contributed by atoms with E-state index in [4.69, 9.17) is 5.73 Å². The molecule has 1 rings (SSSR count). The largest absolute Gasteiger partial charge is 0.391 e. The molecule has 0 amide bonds. The summed E-state index contributed by atoms with van der Waals surface area (Å²) in [6.45, 7) is 1.55. The third kappa shape index (κ3) is 2.38. The van der Waals surface area contributed by atoms with Crippen molar-refractivity contribution in [1.82, 2.24) is 0 Å². The van der Waals surface area contributed by atoms with Crippen LogP contribution < -0.4 is 5.73 Å². The van der Waals surface area contributed by atoms with Gasteiger partial charge in [0.05, 0.1) is 12.1 Å². The Balaban J connectivity index is 3.12. The second-order valence-electron chi connectivity index (χ2n) is 2.90. The number of rotatable bonds is 2. The highest BCUT2D eigenvalue weighted by Crippen LogP contribution is 2.23. The lowest BCUT2D eigenvalue weighted by molar-refractivity contribution is 0.162. The summed E-state index contributed by atoms with van der Waals surface area (Å²) < 4.78 is 14.0. The van der Waals surface area contributed by atoms with E-state index in [0.29, 0.717) is 5.56 Å². The minimum Gasteiger partial charge on any atom is -0.391 e. The molecule has 0 aliphatic heterocycles. The Morgan fingerprint density at radius 2 is 2.15 bits per heavy atom. The van der Waals surface area contributed by atoms with Crippen LogP contribution in [0.2, 0.25) is 0 Å². The van der Waals surface area contributed by atoms with E-state index in [1.54, 1.807) is 19.1 Å². The van der Waals surface area contributed by atoms with Gasteiger partial charge in [-0.05, 0) is 41.6 Å². The number of hydrogen-bond acceptors (Lipinski definition) is 2. The van der Waals surface area contributed by atoms with Crippen molar-refractivity contribution in [3.63, 3.8) is 0 Å². The topological polar surface area (TPSA) is 46.2 Å². The standard InChI is InChI=1S/C9H11FINO/c1-5(13)9(12)8-6(10)3-2-4-7(8)11/h2-5,9,13H,12H2,1H3/t5-,9+/m0/s1. The molecule has 0 saturated carbocycles. The predicted octanol–water partition coefficient (Wildman–Crippen LogP) is 1.81. The van der Waals surface area contributed by atoms with E-state index in [0.717, 1.165) is 3.57 Å². The van der Waals surface area contributed by atoms with E-state index < -0.39 is 12.1 Å². The number of aliphatic hydroxyl groups is 1. The molecule has 0 fully saturated rings. The van der Waals surface area contributed by atoms with Crippen molar-refractivity contribution in [1.29, 1.82) is 0 Å². The first-order valence-corrected chi connectivity index (χ1v) is 4.99. The fourth-order valence-electron chi connectivity index (χ4n) is 1.07. The number of aliphatic hydroxyl groups excluding tert-OH is 1. The molecule has 2 nitrogen and oxygen atoms in total. The molecule has 0 unspecified atom stereocenters. The molecule has 0 heterocycles. The molecule has 0 aromatic heterocycles. The highest BCUT2D eigenvalue weighted by atomic mass is 127. The first kappa shape index (κ1) is 10.9. The summed E-state index contributed by atoms with van der Waals surface area (Å²) in [7, 11) is 0. The van der Waals surface area contributed by atoms with Crippen LogP contribution in [-0.4, -0.2) is 11.2 Å². The van der Waals surface area contributed by atoms with Crippen LogP contribution in [0.3, 0.4) is 0 Å². The molecule has 0 aliphatic carbocycles. The van der Waals surface area contributed by atoms with Crippen LogP contribution in [0.25, 0.3) is 0 Å². The maximum Gasteiger partial charge on any atom is 0.129 e. The van der Waals surface area contributed by atoms with Crippen LogP contribution >= 0.6 is 22.6 Å². The zero-order valence-electron chi connectivity index (χ0n) is 7.17. The van der Waals surface area contributed by atoms with Gasteiger partial charge in [0.2, 0.25) is 0 Å². The molecule has 4 heteroatoms. The highest BCUT2D eigenvalue weighted by Gasteiger charge is 2.18. The maximum atomic E-state index is 13.3. The molecule has 72 valence electrons. The minimum absolute atomic E-state index is 0.361. The van der Waals surface area contributed by atoms with Gasteiger partial charge in [-0.1, -0.05) is 6.07 Å². The molecule has 2 atom stereocenters. The highest BCUT2D eigenvalue weighted by molar-refractivity contribution is 14.1. The lowest BCUT2D eigenvalue weighted by Gasteiger charge is -2.17. The summed E-state index contributed by atoms with van der Waals surface area (Å²) in [5, 5.41) is 9.23. The Labute approximate surface area is 90.1 Å². The molecule has 13 heavy (non-hydrogen) atoms. The summed E-state index contributed by atoms with van der Waals surface area (Å²) in [4.78, 5) is 0. The van der Waals surface area contributed by atoms with Crippen LogP contribution in [0.15, 0.2) is 18.2 Å². The van der Waals surface area contributed by atoms with E-state index in [2.05, 4.69) is 0 Å². The summed E-state index contributed by atoms with van der Waals surface area (Å²) in [6, 6.07) is 4.07. The molecule has 1 aromatic rings. The molecule has 0 spiro atoms. The summed E-state index contributed by atoms with van der Waals surface area (Å²) >= 11 is 2.00. The molecule has 0 radical (unpaired) electrons. The Bertz CT molecular complexity index is 283. The smallest absolute Gasteiger partial charge is 0.129 e. The monoisotopic (exact) mass is 295 g/mol. The van der Waals surface area contributed by atoms with Gasteiger partial charge in [-0.2, -0.15) is 0 Å². The molecule has 0 bridgehead atoms. The number of halogens is 2. The molecule has 3 N–H and O–H groups in total. The van der Waals surface area contributed by atoms with Crippen molar-refractivity contribution < 1.29 is 9.50 Å². The molecule has 1 aromatic carbocycles. The lowest BCUT2D eigenvalue weighted by Crippen LogP contribution is -2.25. The maximum absolute atomic E-state index is 13.3. The fourth-order valence-corrected chi connectivity index (χ4v) is 1.90. The van der Waals surface area contributed by atoms with E-state index in [1.807, 2.05) is 22.6 Å². The normalized spacial score (nSPS) is 15.5. The molecule has 0 aliphatic rings. The number of nitrogens with two attached hydrogens (primary N) is 1. The SMILES string of the molecule is C[C@H](O)[C@@H](N)c1c(F)cccc1I. The van der Waals surface area contributed by atoms with E-state index in [9.17, 15) is 9.50 Å². The van der Waals surface area contributed by atoms with Crippen molar-refractivity contribution in [3.8, 4) is 0 Å². The predicted molar refractivity (Wildman–Crippen MR) is 57.7 cm³/mol. The second kappa shape index (κ2) is 4.34. The van der Waals surface area contributed by atoms with Gasteiger partial charge in [0.1, 0.15) is 5.82 Å². The minimum atomic E-state index is -0.745. The van der Waals surface area contributed by atoms with E-state index in [1.165, 1.54) is 6.07 Å². The average Bonchev–Trinajstić information content (AvgIpc) is 2.03. The quantitative estimate of drug-likeness (QED) is 0.817. The van der Waals surface area contributed by atoms with Gasteiger partial charge in [-0.25, -0.2) is 4.39 Å². The van der Waals surface area contributed by atoms with Crippen LogP contribution in [-0.2, 0) is 0 Å². The van der Waals surface area contributed by atoms with Gasteiger partial charge in [0.25, 0.3) is 0 Å². The first-order chi connectivity index (χ1) is 6.04. The fraction of sp³-hybridized carbons (Fsp3) is 0.333. The van der Waals surface area contributed by atoms with Crippen molar-refractivity contribution in [2.24, 2.45) is 5.73 Å². The first-order valence-electron chi connectivity index (χ1n) is 3.91. The number of hydrogen-bond donors (Lipinski definition) is 2. The summed E-state index contributed by atoms with van der Waals surface area (Å²) in [5.41, 5.74) is 6.03.